The van der Waals surface area contributed by atoms with Crippen LogP contribution in [0.15, 0.2) is 187 Å². The van der Waals surface area contributed by atoms with Crippen molar-refractivity contribution >= 4 is 33.2 Å². The van der Waals surface area contributed by atoms with E-state index in [9.17, 15) is 0 Å². The third-order valence-electron chi connectivity index (χ3n) is 11.7. The molecule has 53 heavy (non-hydrogen) atoms. The average Bonchev–Trinajstić information content (AvgIpc) is 3.58. The average molecular weight is 684 g/mol. The molecule has 256 valence electrons. The number of amidine groups is 1. The number of benzene rings is 7. The van der Waals surface area contributed by atoms with Crippen LogP contribution in [0.5, 0.6) is 0 Å². The first-order chi connectivity index (χ1) is 26.3. The van der Waals surface area contributed by atoms with Crippen molar-refractivity contribution in [3.8, 4) is 11.3 Å². The highest BCUT2D eigenvalue weighted by Crippen LogP contribution is 2.49. The van der Waals surface area contributed by atoms with E-state index < -0.39 is 0 Å². The van der Waals surface area contributed by atoms with E-state index in [1.807, 2.05) is 0 Å². The number of fused-ring (bicyclic) bond motifs is 4. The largest absolute Gasteiger partial charge is 0.325 e. The van der Waals surface area contributed by atoms with Gasteiger partial charge in [0, 0.05) is 16.3 Å². The van der Waals surface area contributed by atoms with E-state index in [4.69, 9.17) is 4.99 Å². The quantitative estimate of drug-likeness (QED) is 0.186. The molecule has 1 aromatic heterocycles. The van der Waals surface area contributed by atoms with Crippen LogP contribution in [0.4, 0.5) is 5.82 Å². The lowest BCUT2D eigenvalue weighted by atomic mass is 9.68. The van der Waals surface area contributed by atoms with Crippen molar-refractivity contribution < 1.29 is 0 Å². The fourth-order valence-electron chi connectivity index (χ4n) is 9.09. The van der Waals surface area contributed by atoms with E-state index in [2.05, 4.69) is 192 Å². The van der Waals surface area contributed by atoms with E-state index in [-0.39, 0.29) is 6.17 Å². The molecule has 8 aromatic rings. The molecule has 0 bridgehead atoms. The van der Waals surface area contributed by atoms with Crippen molar-refractivity contribution in [2.24, 2.45) is 4.99 Å². The first kappa shape index (κ1) is 31.5. The highest BCUT2D eigenvalue weighted by Gasteiger charge is 2.33. The lowest BCUT2D eigenvalue weighted by molar-refractivity contribution is 0.351. The van der Waals surface area contributed by atoms with E-state index >= 15 is 0 Å². The second kappa shape index (κ2) is 13.4. The van der Waals surface area contributed by atoms with Gasteiger partial charge in [-0.15, -0.1) is 0 Å². The molecule has 1 fully saturated rings. The summed E-state index contributed by atoms with van der Waals surface area (Å²) in [5.74, 6) is 3.46. The second-order valence-electron chi connectivity index (χ2n) is 14.8. The number of aliphatic imine (C=N–C) groups is 1. The molecule has 1 N–H and O–H groups in total. The summed E-state index contributed by atoms with van der Waals surface area (Å²) >= 11 is 0. The zero-order valence-electron chi connectivity index (χ0n) is 29.6. The number of hydrogen-bond acceptors (Lipinski definition) is 2. The van der Waals surface area contributed by atoms with E-state index in [1.54, 1.807) is 0 Å². The first-order valence-corrected chi connectivity index (χ1v) is 19.0. The summed E-state index contributed by atoms with van der Waals surface area (Å²) in [7, 11) is 0. The van der Waals surface area contributed by atoms with Gasteiger partial charge in [0.05, 0.1) is 5.69 Å². The van der Waals surface area contributed by atoms with E-state index in [1.165, 1.54) is 55.9 Å². The third-order valence-corrected chi connectivity index (χ3v) is 11.7. The van der Waals surface area contributed by atoms with Crippen molar-refractivity contribution in [1.29, 1.82) is 0 Å². The van der Waals surface area contributed by atoms with Gasteiger partial charge in [-0.05, 0) is 75.6 Å². The van der Waals surface area contributed by atoms with Crippen LogP contribution in [0.25, 0.3) is 32.8 Å². The fraction of sp³-hybridized carbons (Fsp3) is 0.140. The third kappa shape index (κ3) is 5.83. The van der Waals surface area contributed by atoms with Crippen LogP contribution in [-0.2, 0) is 0 Å². The molecule has 3 nitrogen and oxygen atoms in total. The van der Waals surface area contributed by atoms with E-state index in [0.29, 0.717) is 17.8 Å². The Kier molecular flexibility index (Phi) is 7.98. The Bertz CT molecular complexity index is 2570. The van der Waals surface area contributed by atoms with Crippen LogP contribution < -0.4 is 5.32 Å². The lowest BCUT2D eigenvalue weighted by Crippen LogP contribution is -2.26. The summed E-state index contributed by atoms with van der Waals surface area (Å²) in [6.07, 6.45) is 3.28. The Morgan fingerprint density at radius 3 is 1.66 bits per heavy atom. The molecular formula is C50H41N3. The molecule has 10 rings (SSSR count). The van der Waals surface area contributed by atoms with Crippen molar-refractivity contribution in [2.45, 2.75) is 43.2 Å². The van der Waals surface area contributed by atoms with Crippen LogP contribution in [0, 0.1) is 0 Å². The standard InChI is InChI=1S/C50H41N3/c1-4-14-34(15-5-1)42-31-43(33-44(32-42)41-29-26-35-16-10-11-21-40(35)30-41)36-24-27-37(28-25-36)47-45-22-12-13-23-46(45)50-52-48(38-17-6-2-7-18-38)51-49(53(47)50)39-19-8-3-9-20-39/h1-30,42-44,49H,31-33H2,(H,51,52). The zero-order chi connectivity index (χ0) is 35.1. The SMILES string of the molecule is c1ccc(C2=NC(c3ccccc3)n3c(c4ccccc4c3-c3ccc(C4CC(c5ccccc5)CC(c5ccc6ccccc6c5)C4)cc3)N2)cc1. The van der Waals surface area contributed by atoms with Gasteiger partial charge in [0.25, 0.3) is 0 Å². The number of aromatic nitrogens is 1. The summed E-state index contributed by atoms with van der Waals surface area (Å²) < 4.78 is 2.42. The van der Waals surface area contributed by atoms with Crippen LogP contribution in [-0.4, -0.2) is 10.4 Å². The molecule has 0 saturated heterocycles. The monoisotopic (exact) mass is 683 g/mol. The number of nitrogens with one attached hydrogen (secondary N) is 1. The van der Waals surface area contributed by atoms with Gasteiger partial charge in [-0.2, -0.15) is 0 Å². The number of hydrogen-bond donors (Lipinski definition) is 1. The van der Waals surface area contributed by atoms with Crippen molar-refractivity contribution in [1.82, 2.24) is 4.57 Å². The summed E-state index contributed by atoms with van der Waals surface area (Å²) in [4.78, 5) is 5.40. The van der Waals surface area contributed by atoms with Crippen LogP contribution in [0.1, 0.15) is 71.0 Å². The van der Waals surface area contributed by atoms with Crippen molar-refractivity contribution in [3.05, 3.63) is 210 Å². The summed E-state index contributed by atoms with van der Waals surface area (Å²) in [5.41, 5.74) is 9.00. The molecule has 2 heterocycles. The highest BCUT2D eigenvalue weighted by atomic mass is 15.3. The Morgan fingerprint density at radius 1 is 0.434 bits per heavy atom. The van der Waals surface area contributed by atoms with Gasteiger partial charge in [-0.1, -0.05) is 182 Å². The molecule has 4 atom stereocenters. The number of rotatable bonds is 6. The second-order valence-corrected chi connectivity index (χ2v) is 14.8. The molecule has 2 aliphatic rings. The summed E-state index contributed by atoms with van der Waals surface area (Å²) in [6, 6.07) is 66.6. The molecule has 1 saturated carbocycles. The molecule has 7 aromatic carbocycles. The number of anilines is 1. The smallest absolute Gasteiger partial charge is 0.154 e. The predicted molar refractivity (Wildman–Crippen MR) is 221 cm³/mol. The molecule has 1 aliphatic heterocycles. The van der Waals surface area contributed by atoms with Crippen LogP contribution >= 0.6 is 0 Å². The Balaban J connectivity index is 1.05. The molecule has 4 unspecified atom stereocenters. The predicted octanol–water partition coefficient (Wildman–Crippen LogP) is 12.7. The first-order valence-electron chi connectivity index (χ1n) is 19.0. The lowest BCUT2D eigenvalue weighted by Gasteiger charge is -2.36. The van der Waals surface area contributed by atoms with Gasteiger partial charge in [0.1, 0.15) is 11.7 Å². The van der Waals surface area contributed by atoms with Gasteiger partial charge < -0.3 is 5.32 Å². The minimum Gasteiger partial charge on any atom is -0.325 e. The van der Waals surface area contributed by atoms with Crippen LogP contribution in [0.2, 0.25) is 0 Å². The maximum atomic E-state index is 5.40. The van der Waals surface area contributed by atoms with Crippen molar-refractivity contribution in [2.75, 3.05) is 5.32 Å². The zero-order valence-corrected chi connectivity index (χ0v) is 29.6. The Labute approximate surface area is 311 Å². The maximum Gasteiger partial charge on any atom is 0.154 e. The van der Waals surface area contributed by atoms with Crippen LogP contribution in [0.3, 0.4) is 0 Å². The maximum absolute atomic E-state index is 5.40. The molecule has 3 heteroatoms. The molecule has 1 aliphatic carbocycles. The topological polar surface area (TPSA) is 29.3 Å². The Morgan fingerprint density at radius 2 is 0.962 bits per heavy atom. The number of nitrogens with zero attached hydrogens (tertiary/aromatic N) is 2. The minimum atomic E-state index is -0.211. The van der Waals surface area contributed by atoms with Gasteiger partial charge in [-0.3, -0.25) is 4.57 Å². The molecular weight excluding hydrogens is 643 g/mol. The normalized spacial score (nSPS) is 19.7. The van der Waals surface area contributed by atoms with Gasteiger partial charge in [0.15, 0.2) is 6.17 Å². The molecule has 0 radical (unpaired) electrons. The summed E-state index contributed by atoms with van der Waals surface area (Å²) in [5, 5.41) is 8.85. The van der Waals surface area contributed by atoms with Gasteiger partial charge in [-0.25, -0.2) is 4.99 Å². The van der Waals surface area contributed by atoms with E-state index in [0.717, 1.165) is 35.6 Å². The van der Waals surface area contributed by atoms with Gasteiger partial charge in [0.2, 0.25) is 0 Å². The highest BCUT2D eigenvalue weighted by molar-refractivity contribution is 6.15. The Hall–Kier alpha value is -6.19. The van der Waals surface area contributed by atoms with Gasteiger partial charge >= 0.3 is 0 Å². The molecule has 0 spiro atoms. The fourth-order valence-corrected chi connectivity index (χ4v) is 9.09. The van der Waals surface area contributed by atoms with Crippen molar-refractivity contribution in [3.63, 3.8) is 0 Å². The minimum absolute atomic E-state index is 0.211. The summed E-state index contributed by atoms with van der Waals surface area (Å²) in [6.45, 7) is 0. The molecule has 0 amide bonds.